The van der Waals surface area contributed by atoms with Crippen molar-refractivity contribution < 1.29 is 19.4 Å². The summed E-state index contributed by atoms with van der Waals surface area (Å²) in [4.78, 5) is 24.8. The van der Waals surface area contributed by atoms with Crippen molar-refractivity contribution in [1.29, 1.82) is 0 Å². The number of carbonyl (C=O) groups is 2. The highest BCUT2D eigenvalue weighted by Crippen LogP contribution is 2.29. The first-order valence-corrected chi connectivity index (χ1v) is 7.69. The first-order chi connectivity index (χ1) is 10.5. The average molecular weight is 305 g/mol. The number of esters is 1. The summed E-state index contributed by atoms with van der Waals surface area (Å²) in [5.74, 6) is -0.930. The van der Waals surface area contributed by atoms with Gasteiger partial charge in [-0.3, -0.25) is 4.79 Å². The Kier molecular flexibility index (Phi) is 5.06. The molecule has 0 aromatic heterocycles. The molecular weight excluding hydrogens is 282 g/mol. The number of hydrogen-bond acceptors (Lipinski definition) is 4. The summed E-state index contributed by atoms with van der Waals surface area (Å²) in [7, 11) is 1.34. The van der Waals surface area contributed by atoms with E-state index < -0.39 is 17.4 Å². The van der Waals surface area contributed by atoms with Gasteiger partial charge in [-0.25, -0.2) is 4.79 Å². The molecule has 0 atom stereocenters. The van der Waals surface area contributed by atoms with E-state index in [1.807, 2.05) is 6.92 Å². The summed E-state index contributed by atoms with van der Waals surface area (Å²) in [6.07, 6.45) is 4.97. The summed E-state index contributed by atoms with van der Waals surface area (Å²) in [5.41, 5.74) is 0.0712. The molecule has 1 aromatic carbocycles. The number of aryl methyl sites for hydroxylation is 1. The van der Waals surface area contributed by atoms with Gasteiger partial charge in [0.15, 0.2) is 0 Å². The van der Waals surface area contributed by atoms with Gasteiger partial charge in [0.1, 0.15) is 11.3 Å². The van der Waals surface area contributed by atoms with Gasteiger partial charge in [-0.15, -0.1) is 0 Å². The fraction of sp³-hybridized carbons (Fsp3) is 0.529. The molecule has 1 aliphatic carbocycles. The van der Waals surface area contributed by atoms with Crippen molar-refractivity contribution in [3.8, 4) is 5.75 Å². The number of benzene rings is 1. The maximum absolute atomic E-state index is 12.5. The fourth-order valence-electron chi connectivity index (χ4n) is 3.02. The zero-order valence-corrected chi connectivity index (χ0v) is 13.1. The van der Waals surface area contributed by atoms with Crippen LogP contribution in [0.2, 0.25) is 0 Å². The molecular formula is C17H23NO4. The van der Waals surface area contributed by atoms with Gasteiger partial charge in [0.2, 0.25) is 0 Å². The van der Waals surface area contributed by atoms with E-state index >= 15 is 0 Å². The van der Waals surface area contributed by atoms with Crippen LogP contribution in [0.1, 0.15) is 54.4 Å². The Morgan fingerprint density at radius 3 is 2.41 bits per heavy atom. The van der Waals surface area contributed by atoms with E-state index in [1.165, 1.54) is 13.2 Å². The number of phenols is 1. The fourth-order valence-corrected chi connectivity index (χ4v) is 3.02. The number of amides is 1. The third kappa shape index (κ3) is 3.40. The smallest absolute Gasteiger partial charge is 0.331 e. The molecule has 1 aliphatic rings. The number of nitrogens with one attached hydrogen (secondary N) is 1. The van der Waals surface area contributed by atoms with Gasteiger partial charge in [-0.2, -0.15) is 0 Å². The van der Waals surface area contributed by atoms with E-state index in [4.69, 9.17) is 4.74 Å². The van der Waals surface area contributed by atoms with Crippen molar-refractivity contribution in [2.45, 2.75) is 51.0 Å². The minimum Gasteiger partial charge on any atom is -0.507 e. The van der Waals surface area contributed by atoms with Crippen LogP contribution in [0.4, 0.5) is 0 Å². The minimum absolute atomic E-state index is 0.0864. The lowest BCUT2D eigenvalue weighted by atomic mass is 9.89. The second kappa shape index (κ2) is 6.81. The van der Waals surface area contributed by atoms with Crippen LogP contribution in [0.15, 0.2) is 18.2 Å². The highest BCUT2D eigenvalue weighted by Gasteiger charge is 2.41. The molecule has 2 rings (SSSR count). The number of phenolic OH excluding ortho intramolecular Hbond substituents is 1. The molecule has 0 heterocycles. The number of aromatic hydroxyl groups is 1. The van der Waals surface area contributed by atoms with Gasteiger partial charge in [0, 0.05) is 0 Å². The van der Waals surface area contributed by atoms with E-state index in [9.17, 15) is 14.7 Å². The third-order valence-corrected chi connectivity index (χ3v) is 4.28. The predicted octanol–water partition coefficient (Wildman–Crippen LogP) is 2.70. The number of hydrogen-bond donors (Lipinski definition) is 2. The molecule has 2 N–H and O–H groups in total. The van der Waals surface area contributed by atoms with E-state index in [0.29, 0.717) is 12.8 Å². The lowest BCUT2D eigenvalue weighted by Crippen LogP contribution is -2.54. The molecule has 1 fully saturated rings. The summed E-state index contributed by atoms with van der Waals surface area (Å²) in [5, 5.41) is 12.7. The molecule has 0 radical (unpaired) electrons. The van der Waals surface area contributed by atoms with Crippen LogP contribution in [-0.4, -0.2) is 29.6 Å². The number of carbonyl (C=O) groups excluding carboxylic acids is 2. The van der Waals surface area contributed by atoms with Crippen LogP contribution in [0, 0.1) is 6.92 Å². The van der Waals surface area contributed by atoms with Gasteiger partial charge in [0.05, 0.1) is 12.7 Å². The van der Waals surface area contributed by atoms with Crippen molar-refractivity contribution in [1.82, 2.24) is 5.32 Å². The topological polar surface area (TPSA) is 75.6 Å². The molecule has 1 saturated carbocycles. The highest BCUT2D eigenvalue weighted by molar-refractivity contribution is 6.00. The van der Waals surface area contributed by atoms with Gasteiger partial charge >= 0.3 is 5.97 Å². The summed E-state index contributed by atoms with van der Waals surface area (Å²) in [6, 6.07) is 4.84. The average Bonchev–Trinajstić information content (AvgIpc) is 2.75. The molecule has 5 heteroatoms. The molecule has 0 aliphatic heterocycles. The quantitative estimate of drug-likeness (QED) is 0.665. The van der Waals surface area contributed by atoms with Gasteiger partial charge in [-0.05, 0) is 31.9 Å². The van der Waals surface area contributed by atoms with Crippen LogP contribution in [-0.2, 0) is 9.53 Å². The van der Waals surface area contributed by atoms with Crippen molar-refractivity contribution in [2.24, 2.45) is 0 Å². The Balaban J connectivity index is 2.28. The first-order valence-electron chi connectivity index (χ1n) is 7.69. The zero-order chi connectivity index (χ0) is 16.2. The summed E-state index contributed by atoms with van der Waals surface area (Å²) >= 11 is 0. The third-order valence-electron chi connectivity index (χ3n) is 4.28. The Hall–Kier alpha value is -2.04. The van der Waals surface area contributed by atoms with E-state index in [-0.39, 0.29) is 11.3 Å². The molecule has 0 bridgehead atoms. The first kappa shape index (κ1) is 16.3. The zero-order valence-electron chi connectivity index (χ0n) is 13.1. The van der Waals surface area contributed by atoms with Crippen molar-refractivity contribution in [3.63, 3.8) is 0 Å². The van der Waals surface area contributed by atoms with Crippen molar-refractivity contribution >= 4 is 11.9 Å². The summed E-state index contributed by atoms with van der Waals surface area (Å²) in [6.45, 7) is 1.85. The number of rotatable bonds is 3. The molecule has 120 valence electrons. The molecule has 5 nitrogen and oxygen atoms in total. The highest BCUT2D eigenvalue weighted by atomic mass is 16.5. The van der Waals surface area contributed by atoms with E-state index in [1.54, 1.807) is 12.1 Å². The monoisotopic (exact) mass is 305 g/mol. The van der Waals surface area contributed by atoms with Crippen LogP contribution in [0.5, 0.6) is 5.75 Å². The van der Waals surface area contributed by atoms with Crippen LogP contribution in [0.3, 0.4) is 0 Å². The maximum Gasteiger partial charge on any atom is 0.331 e. The standard InChI is InChI=1S/C17H23NO4/c1-12-7-8-14(19)13(11-12)15(20)18-17(16(21)22-2)9-5-3-4-6-10-17/h7-8,11,19H,3-6,9-10H2,1-2H3,(H,18,20). The minimum atomic E-state index is -0.988. The maximum atomic E-state index is 12.5. The van der Waals surface area contributed by atoms with Crippen LogP contribution < -0.4 is 5.32 Å². The second-order valence-electron chi connectivity index (χ2n) is 5.96. The number of ether oxygens (including phenoxy) is 1. The Morgan fingerprint density at radius 1 is 1.18 bits per heavy atom. The van der Waals surface area contributed by atoms with Gasteiger partial charge < -0.3 is 15.2 Å². The lowest BCUT2D eigenvalue weighted by molar-refractivity contribution is -0.148. The normalized spacial score (nSPS) is 17.4. The Labute approximate surface area is 130 Å². The van der Waals surface area contributed by atoms with Crippen LogP contribution >= 0.6 is 0 Å². The molecule has 0 unspecified atom stereocenters. The molecule has 1 amide bonds. The Bertz CT molecular complexity index is 560. The van der Waals surface area contributed by atoms with Gasteiger partial charge in [0.25, 0.3) is 5.91 Å². The second-order valence-corrected chi connectivity index (χ2v) is 5.96. The largest absolute Gasteiger partial charge is 0.507 e. The van der Waals surface area contributed by atoms with E-state index in [2.05, 4.69) is 5.32 Å². The molecule has 22 heavy (non-hydrogen) atoms. The Morgan fingerprint density at radius 2 is 1.82 bits per heavy atom. The molecule has 0 spiro atoms. The summed E-state index contributed by atoms with van der Waals surface area (Å²) < 4.78 is 4.92. The number of methoxy groups -OCH3 is 1. The lowest BCUT2D eigenvalue weighted by Gasteiger charge is -2.31. The van der Waals surface area contributed by atoms with Crippen LogP contribution in [0.25, 0.3) is 0 Å². The van der Waals surface area contributed by atoms with Crippen molar-refractivity contribution in [2.75, 3.05) is 7.11 Å². The molecule has 0 saturated heterocycles. The van der Waals surface area contributed by atoms with Crippen molar-refractivity contribution in [3.05, 3.63) is 29.3 Å². The van der Waals surface area contributed by atoms with Gasteiger partial charge in [-0.1, -0.05) is 37.3 Å². The van der Waals surface area contributed by atoms with E-state index in [0.717, 1.165) is 31.2 Å². The molecule has 1 aromatic rings. The predicted molar refractivity (Wildman–Crippen MR) is 82.8 cm³/mol. The SMILES string of the molecule is COC(=O)C1(NC(=O)c2cc(C)ccc2O)CCCCCC1.